The SMILES string of the molecule is CCOC(=O)/C(C(C)=NC(=O)c1ccccn1)=C(\C)O. The molecule has 0 aliphatic heterocycles. The third-order valence-electron chi connectivity index (χ3n) is 2.36. The standard InChI is InChI=1S/C14H16N2O4/c1-4-20-14(19)12(10(3)17)9(2)16-13(18)11-7-5-6-8-15-11/h5-8,17H,4H2,1-3H3/b12-10+,16-9?. The van der Waals surface area contributed by atoms with Gasteiger partial charge < -0.3 is 9.84 Å². The Morgan fingerprint density at radius 3 is 2.55 bits per heavy atom. The Bertz CT molecular complexity index is 558. The molecule has 1 heterocycles. The first-order valence-corrected chi connectivity index (χ1v) is 6.05. The van der Waals surface area contributed by atoms with Crippen LogP contribution in [0.5, 0.6) is 0 Å². The molecular formula is C14H16N2O4. The van der Waals surface area contributed by atoms with Gasteiger partial charge in [-0.05, 0) is 32.9 Å². The summed E-state index contributed by atoms with van der Waals surface area (Å²) in [4.78, 5) is 31.2. The van der Waals surface area contributed by atoms with Crippen molar-refractivity contribution in [3.05, 3.63) is 41.4 Å². The van der Waals surface area contributed by atoms with Gasteiger partial charge in [0.1, 0.15) is 17.0 Å². The molecule has 0 atom stereocenters. The van der Waals surface area contributed by atoms with Crippen molar-refractivity contribution in [3.8, 4) is 0 Å². The van der Waals surface area contributed by atoms with Gasteiger partial charge in [-0.25, -0.2) is 9.79 Å². The van der Waals surface area contributed by atoms with E-state index < -0.39 is 11.9 Å². The number of ether oxygens (including phenoxy) is 1. The van der Waals surface area contributed by atoms with Crippen LogP contribution in [0.15, 0.2) is 40.7 Å². The second-order valence-electron chi connectivity index (χ2n) is 3.90. The number of carbonyl (C=O) groups is 2. The molecule has 6 nitrogen and oxygen atoms in total. The Morgan fingerprint density at radius 1 is 1.35 bits per heavy atom. The van der Waals surface area contributed by atoms with E-state index in [-0.39, 0.29) is 29.3 Å². The van der Waals surface area contributed by atoms with Crippen molar-refractivity contribution in [2.45, 2.75) is 20.8 Å². The molecule has 0 fully saturated rings. The maximum Gasteiger partial charge on any atom is 0.343 e. The van der Waals surface area contributed by atoms with E-state index in [1.807, 2.05) is 0 Å². The number of aromatic nitrogens is 1. The lowest BCUT2D eigenvalue weighted by Gasteiger charge is -2.07. The van der Waals surface area contributed by atoms with E-state index in [0.717, 1.165) is 0 Å². The van der Waals surface area contributed by atoms with E-state index in [9.17, 15) is 14.7 Å². The molecule has 0 aromatic carbocycles. The average molecular weight is 276 g/mol. The monoisotopic (exact) mass is 276 g/mol. The van der Waals surface area contributed by atoms with Gasteiger partial charge >= 0.3 is 5.97 Å². The molecule has 0 spiro atoms. The summed E-state index contributed by atoms with van der Waals surface area (Å²) in [7, 11) is 0. The number of hydrogen-bond acceptors (Lipinski definition) is 5. The largest absolute Gasteiger partial charge is 0.512 e. The number of aliphatic hydroxyl groups is 1. The summed E-state index contributed by atoms with van der Waals surface area (Å²) in [5, 5.41) is 9.53. The summed E-state index contributed by atoms with van der Waals surface area (Å²) in [6.07, 6.45) is 1.47. The lowest BCUT2D eigenvalue weighted by atomic mass is 10.1. The van der Waals surface area contributed by atoms with Crippen molar-refractivity contribution in [2.75, 3.05) is 6.61 Å². The molecule has 1 aromatic rings. The van der Waals surface area contributed by atoms with E-state index in [1.54, 1.807) is 19.1 Å². The highest BCUT2D eigenvalue weighted by molar-refractivity contribution is 6.22. The van der Waals surface area contributed by atoms with Crippen LogP contribution in [0.1, 0.15) is 31.3 Å². The van der Waals surface area contributed by atoms with Crippen molar-refractivity contribution in [2.24, 2.45) is 4.99 Å². The van der Waals surface area contributed by atoms with Gasteiger partial charge in [-0.1, -0.05) is 6.07 Å². The fourth-order valence-corrected chi connectivity index (χ4v) is 1.52. The second kappa shape index (κ2) is 7.18. The average Bonchev–Trinajstić information content (AvgIpc) is 2.39. The summed E-state index contributed by atoms with van der Waals surface area (Å²) >= 11 is 0. The van der Waals surface area contributed by atoms with E-state index in [1.165, 1.54) is 26.1 Å². The molecule has 0 saturated heterocycles. The Kier molecular flexibility index (Phi) is 5.58. The smallest absolute Gasteiger partial charge is 0.343 e. The maximum atomic E-state index is 11.9. The Balaban J connectivity index is 3.05. The molecule has 1 amide bonds. The number of allylic oxidation sites excluding steroid dienone is 1. The normalized spacial score (nSPS) is 12.7. The van der Waals surface area contributed by atoms with E-state index in [2.05, 4.69) is 9.98 Å². The number of esters is 1. The quantitative estimate of drug-likeness (QED) is 0.393. The first-order valence-electron chi connectivity index (χ1n) is 6.05. The summed E-state index contributed by atoms with van der Waals surface area (Å²) < 4.78 is 4.81. The second-order valence-corrected chi connectivity index (χ2v) is 3.90. The van der Waals surface area contributed by atoms with Crippen molar-refractivity contribution < 1.29 is 19.4 Å². The molecule has 1 N–H and O–H groups in total. The minimum atomic E-state index is -0.720. The van der Waals surface area contributed by atoms with Crippen LogP contribution in [0.25, 0.3) is 0 Å². The van der Waals surface area contributed by atoms with Crippen molar-refractivity contribution in [1.29, 1.82) is 0 Å². The fraction of sp³-hybridized carbons (Fsp3) is 0.286. The zero-order chi connectivity index (χ0) is 15.1. The number of aliphatic imine (C=N–C) groups is 1. The summed E-state index contributed by atoms with van der Waals surface area (Å²) in [5.74, 6) is -1.56. The van der Waals surface area contributed by atoms with Crippen LogP contribution in [-0.2, 0) is 9.53 Å². The highest BCUT2D eigenvalue weighted by atomic mass is 16.5. The Labute approximate surface area is 116 Å². The van der Waals surface area contributed by atoms with Crippen molar-refractivity contribution in [1.82, 2.24) is 4.98 Å². The molecule has 1 rings (SSSR count). The molecule has 0 aliphatic carbocycles. The molecule has 0 radical (unpaired) electrons. The van der Waals surface area contributed by atoms with Gasteiger partial charge in [-0.15, -0.1) is 0 Å². The number of aliphatic hydroxyl groups excluding tert-OH is 1. The first-order chi connectivity index (χ1) is 9.47. The Hall–Kier alpha value is -2.50. The molecule has 1 aromatic heterocycles. The molecule has 106 valence electrons. The minimum absolute atomic E-state index is 0.0825. The Morgan fingerprint density at radius 2 is 2.05 bits per heavy atom. The van der Waals surface area contributed by atoms with Crippen LogP contribution in [0.4, 0.5) is 0 Å². The van der Waals surface area contributed by atoms with Gasteiger partial charge in [-0.3, -0.25) is 9.78 Å². The van der Waals surface area contributed by atoms with Gasteiger partial charge in [0, 0.05) is 6.20 Å². The third-order valence-corrected chi connectivity index (χ3v) is 2.36. The van der Waals surface area contributed by atoms with Crippen molar-refractivity contribution >= 4 is 17.6 Å². The topological polar surface area (TPSA) is 88.9 Å². The number of nitrogens with zero attached hydrogens (tertiary/aromatic N) is 2. The highest BCUT2D eigenvalue weighted by Crippen LogP contribution is 2.09. The van der Waals surface area contributed by atoms with E-state index in [4.69, 9.17) is 4.74 Å². The number of carbonyl (C=O) groups excluding carboxylic acids is 2. The number of hydrogen-bond donors (Lipinski definition) is 1. The van der Waals surface area contributed by atoms with Gasteiger partial charge in [0.2, 0.25) is 0 Å². The molecular weight excluding hydrogens is 260 g/mol. The number of rotatable bonds is 4. The van der Waals surface area contributed by atoms with Crippen LogP contribution in [0, 0.1) is 0 Å². The third kappa shape index (κ3) is 4.01. The fourth-order valence-electron chi connectivity index (χ4n) is 1.52. The summed E-state index contributed by atoms with van der Waals surface area (Å²) in [6, 6.07) is 4.85. The number of amides is 1. The zero-order valence-electron chi connectivity index (χ0n) is 11.6. The van der Waals surface area contributed by atoms with Gasteiger partial charge in [0.15, 0.2) is 0 Å². The van der Waals surface area contributed by atoms with Gasteiger partial charge in [0.25, 0.3) is 5.91 Å². The molecule has 0 bridgehead atoms. The van der Waals surface area contributed by atoms with E-state index >= 15 is 0 Å². The van der Waals surface area contributed by atoms with Crippen LogP contribution in [0.3, 0.4) is 0 Å². The van der Waals surface area contributed by atoms with Crippen LogP contribution < -0.4 is 0 Å². The molecule has 0 saturated carbocycles. The zero-order valence-corrected chi connectivity index (χ0v) is 11.6. The summed E-state index contributed by atoms with van der Waals surface area (Å²) in [6.45, 7) is 4.59. The van der Waals surface area contributed by atoms with Gasteiger partial charge in [-0.2, -0.15) is 0 Å². The van der Waals surface area contributed by atoms with Crippen LogP contribution in [-0.4, -0.2) is 34.3 Å². The molecule has 20 heavy (non-hydrogen) atoms. The van der Waals surface area contributed by atoms with Gasteiger partial charge in [0.05, 0.1) is 12.3 Å². The van der Waals surface area contributed by atoms with E-state index in [0.29, 0.717) is 0 Å². The predicted octanol–water partition coefficient (Wildman–Crippen LogP) is 2.08. The minimum Gasteiger partial charge on any atom is -0.512 e. The number of pyridine rings is 1. The molecule has 0 aliphatic rings. The lowest BCUT2D eigenvalue weighted by Crippen LogP contribution is -2.17. The lowest BCUT2D eigenvalue weighted by molar-refractivity contribution is -0.138. The predicted molar refractivity (Wildman–Crippen MR) is 73.6 cm³/mol. The highest BCUT2D eigenvalue weighted by Gasteiger charge is 2.19. The van der Waals surface area contributed by atoms with Crippen LogP contribution in [0.2, 0.25) is 0 Å². The molecule has 0 unspecified atom stereocenters. The van der Waals surface area contributed by atoms with Crippen LogP contribution >= 0.6 is 0 Å². The maximum absolute atomic E-state index is 11.9. The molecule has 6 heteroatoms. The summed E-state index contributed by atoms with van der Waals surface area (Å²) in [5.41, 5.74) is 0.126. The first kappa shape index (κ1) is 15.6. The van der Waals surface area contributed by atoms with Crippen molar-refractivity contribution in [3.63, 3.8) is 0 Å².